The van der Waals surface area contributed by atoms with Gasteiger partial charge < -0.3 is 10.6 Å². The summed E-state index contributed by atoms with van der Waals surface area (Å²) in [5.41, 5.74) is 5.55. The number of hydrogen-bond donors (Lipinski definition) is 1. The molecule has 1 aliphatic rings. The lowest BCUT2D eigenvalue weighted by molar-refractivity contribution is -0.131. The van der Waals surface area contributed by atoms with E-state index in [9.17, 15) is 4.79 Å². The second-order valence-electron chi connectivity index (χ2n) is 4.51. The van der Waals surface area contributed by atoms with E-state index < -0.39 is 0 Å². The van der Waals surface area contributed by atoms with Crippen LogP contribution in [-0.2, 0) is 4.79 Å². The van der Waals surface area contributed by atoms with E-state index in [-0.39, 0.29) is 11.9 Å². The van der Waals surface area contributed by atoms with Crippen molar-refractivity contribution in [2.75, 3.05) is 13.6 Å². The Balaban J connectivity index is 2.31. The summed E-state index contributed by atoms with van der Waals surface area (Å²) in [4.78, 5) is 13.3. The normalized spacial score (nSPS) is 20.5. The van der Waals surface area contributed by atoms with Crippen LogP contribution in [0.5, 0.6) is 0 Å². The summed E-state index contributed by atoms with van der Waals surface area (Å²) < 4.78 is 0. The summed E-state index contributed by atoms with van der Waals surface area (Å²) >= 11 is 0. The Bertz CT molecular complexity index is 186. The molecule has 0 aromatic carbocycles. The van der Waals surface area contributed by atoms with E-state index in [1.54, 1.807) is 11.8 Å². The van der Waals surface area contributed by atoms with Crippen molar-refractivity contribution in [3.8, 4) is 0 Å². The van der Waals surface area contributed by atoms with Gasteiger partial charge in [-0.15, -0.1) is 0 Å². The van der Waals surface area contributed by atoms with Crippen LogP contribution >= 0.6 is 0 Å². The predicted octanol–water partition coefficient (Wildman–Crippen LogP) is 1.37. The summed E-state index contributed by atoms with van der Waals surface area (Å²) in [6, 6.07) is -0.358. The van der Waals surface area contributed by atoms with Crippen LogP contribution in [0.1, 0.15) is 39.0 Å². The van der Waals surface area contributed by atoms with Crippen LogP contribution in [0.2, 0.25) is 0 Å². The molecular formula is C11H22N2O. The Morgan fingerprint density at radius 2 is 2.00 bits per heavy atom. The highest BCUT2D eigenvalue weighted by atomic mass is 16.2. The Morgan fingerprint density at radius 1 is 1.43 bits per heavy atom. The molecule has 1 saturated carbocycles. The average Bonchev–Trinajstić information content (AvgIpc) is 2.18. The van der Waals surface area contributed by atoms with E-state index in [1.807, 2.05) is 7.05 Å². The van der Waals surface area contributed by atoms with E-state index in [0.29, 0.717) is 5.92 Å². The topological polar surface area (TPSA) is 46.3 Å². The number of rotatable bonds is 3. The molecule has 0 heterocycles. The van der Waals surface area contributed by atoms with Gasteiger partial charge in [-0.2, -0.15) is 0 Å². The molecule has 0 spiro atoms. The van der Waals surface area contributed by atoms with Crippen LogP contribution < -0.4 is 5.73 Å². The molecular weight excluding hydrogens is 176 g/mol. The number of amides is 1. The molecule has 0 bridgehead atoms. The lowest BCUT2D eigenvalue weighted by atomic mass is 9.89. The minimum atomic E-state index is -0.358. The second-order valence-corrected chi connectivity index (χ2v) is 4.51. The van der Waals surface area contributed by atoms with Gasteiger partial charge >= 0.3 is 0 Å². The molecule has 0 unspecified atom stereocenters. The highest BCUT2D eigenvalue weighted by molar-refractivity contribution is 5.80. The van der Waals surface area contributed by atoms with Gasteiger partial charge in [0.15, 0.2) is 0 Å². The van der Waals surface area contributed by atoms with Crippen LogP contribution in [0.25, 0.3) is 0 Å². The molecule has 0 aliphatic heterocycles. The summed E-state index contributed by atoms with van der Waals surface area (Å²) in [7, 11) is 1.86. The van der Waals surface area contributed by atoms with Crippen LogP contribution in [0.3, 0.4) is 0 Å². The van der Waals surface area contributed by atoms with E-state index in [4.69, 9.17) is 5.73 Å². The molecule has 1 atom stereocenters. The first-order valence-electron chi connectivity index (χ1n) is 5.62. The molecule has 1 amide bonds. The molecule has 0 aromatic heterocycles. The minimum Gasteiger partial charge on any atom is -0.344 e. The van der Waals surface area contributed by atoms with E-state index in [1.165, 1.54) is 32.1 Å². The third-order valence-electron chi connectivity index (χ3n) is 3.02. The smallest absolute Gasteiger partial charge is 0.238 e. The maximum absolute atomic E-state index is 11.5. The molecule has 1 fully saturated rings. The van der Waals surface area contributed by atoms with Gasteiger partial charge in [0, 0.05) is 13.6 Å². The van der Waals surface area contributed by atoms with Gasteiger partial charge in [0.2, 0.25) is 5.91 Å². The fraction of sp³-hybridized carbons (Fsp3) is 0.909. The maximum atomic E-state index is 11.5. The highest BCUT2D eigenvalue weighted by Gasteiger charge is 2.19. The third-order valence-corrected chi connectivity index (χ3v) is 3.02. The van der Waals surface area contributed by atoms with Crippen molar-refractivity contribution in [3.05, 3.63) is 0 Å². The first-order valence-corrected chi connectivity index (χ1v) is 5.62. The van der Waals surface area contributed by atoms with Crippen LogP contribution in [-0.4, -0.2) is 30.4 Å². The second kappa shape index (κ2) is 5.35. The summed E-state index contributed by atoms with van der Waals surface area (Å²) in [5.74, 6) is 0.770. The summed E-state index contributed by atoms with van der Waals surface area (Å²) in [5, 5.41) is 0. The number of likely N-dealkylation sites (N-methyl/N-ethyl adjacent to an activating group) is 1. The first-order chi connectivity index (χ1) is 6.61. The third kappa shape index (κ3) is 3.29. The molecule has 0 aromatic rings. The zero-order chi connectivity index (χ0) is 10.6. The molecule has 14 heavy (non-hydrogen) atoms. The molecule has 3 heteroatoms. The predicted molar refractivity (Wildman–Crippen MR) is 57.9 cm³/mol. The number of hydrogen-bond acceptors (Lipinski definition) is 2. The van der Waals surface area contributed by atoms with Crippen molar-refractivity contribution in [2.24, 2.45) is 11.7 Å². The lowest BCUT2D eigenvalue weighted by Crippen LogP contribution is -2.42. The van der Waals surface area contributed by atoms with Gasteiger partial charge in [-0.05, 0) is 25.7 Å². The van der Waals surface area contributed by atoms with Gasteiger partial charge in [-0.3, -0.25) is 4.79 Å². The summed E-state index contributed by atoms with van der Waals surface area (Å²) in [6.45, 7) is 2.64. The first kappa shape index (κ1) is 11.5. The minimum absolute atomic E-state index is 0.0653. The lowest BCUT2D eigenvalue weighted by Gasteiger charge is -2.27. The fourth-order valence-electron chi connectivity index (χ4n) is 2.19. The molecule has 82 valence electrons. The van der Waals surface area contributed by atoms with Crippen LogP contribution in [0.4, 0.5) is 0 Å². The Labute approximate surface area is 86.6 Å². The quantitative estimate of drug-likeness (QED) is 0.744. The largest absolute Gasteiger partial charge is 0.344 e. The van der Waals surface area contributed by atoms with Gasteiger partial charge in [-0.1, -0.05) is 19.3 Å². The molecule has 1 rings (SSSR count). The van der Waals surface area contributed by atoms with Gasteiger partial charge in [0.25, 0.3) is 0 Å². The van der Waals surface area contributed by atoms with Gasteiger partial charge in [0.1, 0.15) is 0 Å². The van der Waals surface area contributed by atoms with Crippen molar-refractivity contribution in [1.82, 2.24) is 4.90 Å². The van der Waals surface area contributed by atoms with Crippen molar-refractivity contribution in [2.45, 2.75) is 45.1 Å². The van der Waals surface area contributed by atoms with E-state index in [2.05, 4.69) is 0 Å². The monoisotopic (exact) mass is 198 g/mol. The standard InChI is InChI=1S/C11H22N2O/c1-9(12)11(14)13(2)8-10-6-4-3-5-7-10/h9-10H,3-8,12H2,1-2H3/t9-/m1/s1. The average molecular weight is 198 g/mol. The number of nitrogens with zero attached hydrogens (tertiary/aromatic N) is 1. The van der Waals surface area contributed by atoms with Crippen molar-refractivity contribution in [3.63, 3.8) is 0 Å². The van der Waals surface area contributed by atoms with Crippen molar-refractivity contribution in [1.29, 1.82) is 0 Å². The Morgan fingerprint density at radius 3 is 2.50 bits per heavy atom. The SMILES string of the molecule is C[C@@H](N)C(=O)N(C)CC1CCCCC1. The van der Waals surface area contributed by atoms with E-state index >= 15 is 0 Å². The van der Waals surface area contributed by atoms with Crippen LogP contribution in [0.15, 0.2) is 0 Å². The van der Waals surface area contributed by atoms with Crippen molar-refractivity contribution >= 4 is 5.91 Å². The summed E-state index contributed by atoms with van der Waals surface area (Å²) in [6.07, 6.45) is 6.56. The van der Waals surface area contributed by atoms with E-state index in [0.717, 1.165) is 6.54 Å². The van der Waals surface area contributed by atoms with Crippen molar-refractivity contribution < 1.29 is 4.79 Å². The van der Waals surface area contributed by atoms with Gasteiger partial charge in [0.05, 0.1) is 6.04 Å². The molecule has 0 radical (unpaired) electrons. The fourth-order valence-corrected chi connectivity index (χ4v) is 2.19. The maximum Gasteiger partial charge on any atom is 0.238 e. The number of carbonyl (C=O) groups is 1. The molecule has 3 nitrogen and oxygen atoms in total. The van der Waals surface area contributed by atoms with Gasteiger partial charge in [-0.25, -0.2) is 0 Å². The van der Waals surface area contributed by atoms with Crippen LogP contribution in [0, 0.1) is 5.92 Å². The number of nitrogens with two attached hydrogens (primary N) is 1. The molecule has 0 saturated heterocycles. The highest BCUT2D eigenvalue weighted by Crippen LogP contribution is 2.24. The Kier molecular flexibility index (Phi) is 4.39. The zero-order valence-electron chi connectivity index (χ0n) is 9.33. The number of carbonyl (C=O) groups excluding carboxylic acids is 1. The molecule has 2 N–H and O–H groups in total. The Hall–Kier alpha value is -0.570. The molecule has 1 aliphatic carbocycles. The zero-order valence-corrected chi connectivity index (χ0v) is 9.33.